The molecule has 30 heavy (non-hydrogen) atoms. The van der Waals surface area contributed by atoms with Gasteiger partial charge in [-0.05, 0) is 37.5 Å². The van der Waals surface area contributed by atoms with Gasteiger partial charge in [0.25, 0.3) is 0 Å². The van der Waals surface area contributed by atoms with Crippen LogP contribution in [0.15, 0.2) is 45.7 Å². The van der Waals surface area contributed by atoms with Crippen molar-refractivity contribution in [1.82, 2.24) is 0 Å². The predicted octanol–water partition coefficient (Wildman–Crippen LogP) is 3.39. The first kappa shape index (κ1) is 22.5. The standard InChI is InChI=1S/C23H27ClO6/c1-6-11(2)7-8-14-9-15-16(10-29-14)18-17(20(26)12(3)13(4)25)22(28)30-23(18,5)21(27)19(15)24/h7-9,11-13,16,25H,6,10H2,1-5H3/b8-7+/t11-,12-,13+,16?,23-/m0/s1. The van der Waals surface area contributed by atoms with Crippen LogP contribution in [0.25, 0.3) is 0 Å². The van der Waals surface area contributed by atoms with E-state index in [0.29, 0.717) is 17.3 Å². The zero-order chi connectivity index (χ0) is 22.4. The normalized spacial score (nSPS) is 29.2. The Bertz CT molecular complexity index is 922. The van der Waals surface area contributed by atoms with Crippen molar-refractivity contribution in [2.24, 2.45) is 17.8 Å². The number of aliphatic hydroxyl groups excluding tert-OH is 1. The molecular formula is C23H27ClO6. The molecule has 0 saturated heterocycles. The summed E-state index contributed by atoms with van der Waals surface area (Å²) in [4.78, 5) is 38.7. The number of aliphatic hydroxyl groups is 1. The SMILES string of the molecule is CC[C@H](C)/C=C/C1=CC2=C(Cl)C(=O)[C@@]3(C)OC(=O)C(C(=O)[C@@H](C)[C@@H](C)O)=C3C2CO1. The highest BCUT2D eigenvalue weighted by molar-refractivity contribution is 6.45. The van der Waals surface area contributed by atoms with Crippen molar-refractivity contribution >= 4 is 29.1 Å². The third-order valence-corrected chi connectivity index (χ3v) is 6.62. The van der Waals surface area contributed by atoms with Crippen LogP contribution in [0.5, 0.6) is 0 Å². The molecular weight excluding hydrogens is 408 g/mol. The van der Waals surface area contributed by atoms with Gasteiger partial charge in [-0.1, -0.05) is 44.9 Å². The molecule has 0 fully saturated rings. The lowest BCUT2D eigenvalue weighted by Gasteiger charge is -2.37. The van der Waals surface area contributed by atoms with E-state index in [-0.39, 0.29) is 22.8 Å². The molecule has 0 aromatic carbocycles. The summed E-state index contributed by atoms with van der Waals surface area (Å²) < 4.78 is 11.3. The summed E-state index contributed by atoms with van der Waals surface area (Å²) in [7, 11) is 0. The van der Waals surface area contributed by atoms with Crippen molar-refractivity contribution in [1.29, 1.82) is 0 Å². The third-order valence-electron chi connectivity index (χ3n) is 6.23. The summed E-state index contributed by atoms with van der Waals surface area (Å²) in [6, 6.07) is 0. The van der Waals surface area contributed by atoms with Gasteiger partial charge in [-0.25, -0.2) is 4.79 Å². The number of rotatable bonds is 6. The molecule has 7 heteroatoms. The van der Waals surface area contributed by atoms with Crippen molar-refractivity contribution < 1.29 is 29.0 Å². The molecule has 3 aliphatic rings. The molecule has 0 aromatic heterocycles. The van der Waals surface area contributed by atoms with E-state index < -0.39 is 41.1 Å². The van der Waals surface area contributed by atoms with E-state index in [1.54, 1.807) is 6.08 Å². The van der Waals surface area contributed by atoms with Gasteiger partial charge in [-0.3, -0.25) is 9.59 Å². The van der Waals surface area contributed by atoms with E-state index in [4.69, 9.17) is 21.1 Å². The van der Waals surface area contributed by atoms with E-state index in [9.17, 15) is 19.5 Å². The molecule has 6 nitrogen and oxygen atoms in total. The number of esters is 1. The van der Waals surface area contributed by atoms with Gasteiger partial charge in [0.05, 0.1) is 17.7 Å². The maximum Gasteiger partial charge on any atom is 0.343 e. The van der Waals surface area contributed by atoms with E-state index in [0.717, 1.165) is 6.42 Å². The van der Waals surface area contributed by atoms with Crippen LogP contribution in [0.3, 0.4) is 0 Å². The Hall–Kier alpha value is -2.18. The van der Waals surface area contributed by atoms with Crippen LogP contribution in [0, 0.1) is 17.8 Å². The van der Waals surface area contributed by atoms with Gasteiger partial charge in [-0.15, -0.1) is 0 Å². The number of hydrogen-bond acceptors (Lipinski definition) is 6. The van der Waals surface area contributed by atoms with Gasteiger partial charge >= 0.3 is 5.97 Å². The molecule has 1 aliphatic carbocycles. The number of fused-ring (bicyclic) bond motifs is 3. The lowest BCUT2D eigenvalue weighted by molar-refractivity contribution is -0.154. The van der Waals surface area contributed by atoms with E-state index in [1.807, 2.05) is 12.2 Å². The van der Waals surface area contributed by atoms with Gasteiger partial charge in [0, 0.05) is 17.4 Å². The largest absolute Gasteiger partial charge is 0.493 e. The summed E-state index contributed by atoms with van der Waals surface area (Å²) >= 11 is 6.41. The van der Waals surface area contributed by atoms with E-state index in [2.05, 4.69) is 13.8 Å². The molecule has 5 atom stereocenters. The lowest BCUT2D eigenvalue weighted by Crippen LogP contribution is -2.46. The Kier molecular flexibility index (Phi) is 6.12. The van der Waals surface area contributed by atoms with Crippen LogP contribution in [0.4, 0.5) is 0 Å². The molecule has 0 amide bonds. The van der Waals surface area contributed by atoms with Gasteiger partial charge < -0.3 is 14.6 Å². The van der Waals surface area contributed by atoms with Crippen LogP contribution in [0.2, 0.25) is 0 Å². The predicted molar refractivity (Wildman–Crippen MR) is 111 cm³/mol. The zero-order valence-electron chi connectivity index (χ0n) is 17.8. The van der Waals surface area contributed by atoms with Crippen molar-refractivity contribution in [3.63, 3.8) is 0 Å². The molecule has 162 valence electrons. The average molecular weight is 435 g/mol. The number of ketones is 2. The van der Waals surface area contributed by atoms with Crippen molar-refractivity contribution in [3.8, 4) is 0 Å². The summed E-state index contributed by atoms with van der Waals surface area (Å²) in [6.45, 7) is 8.75. The topological polar surface area (TPSA) is 89.9 Å². The maximum atomic E-state index is 13.1. The fourth-order valence-electron chi connectivity index (χ4n) is 3.85. The molecule has 1 unspecified atom stereocenters. The summed E-state index contributed by atoms with van der Waals surface area (Å²) in [5.74, 6) is -2.44. The minimum Gasteiger partial charge on any atom is -0.493 e. The number of halogens is 1. The van der Waals surface area contributed by atoms with Gasteiger partial charge in [0.2, 0.25) is 5.78 Å². The molecule has 0 spiro atoms. The first-order chi connectivity index (χ1) is 14.0. The maximum absolute atomic E-state index is 13.1. The highest BCUT2D eigenvalue weighted by Gasteiger charge is 2.58. The minimum absolute atomic E-state index is 0.0194. The highest BCUT2D eigenvalue weighted by Crippen LogP contribution is 2.50. The summed E-state index contributed by atoms with van der Waals surface area (Å²) in [5, 5.41) is 9.83. The van der Waals surface area contributed by atoms with E-state index in [1.165, 1.54) is 20.8 Å². The number of ether oxygens (including phenoxy) is 2. The fraction of sp³-hybridized carbons (Fsp3) is 0.522. The Morgan fingerprint density at radius 3 is 2.63 bits per heavy atom. The lowest BCUT2D eigenvalue weighted by atomic mass is 9.71. The Morgan fingerprint density at radius 2 is 2.03 bits per heavy atom. The van der Waals surface area contributed by atoms with Crippen LogP contribution in [-0.2, 0) is 23.9 Å². The Balaban J connectivity index is 2.12. The van der Waals surface area contributed by atoms with Gasteiger partial charge in [-0.2, -0.15) is 0 Å². The van der Waals surface area contributed by atoms with Crippen molar-refractivity contribution in [2.75, 3.05) is 6.61 Å². The minimum atomic E-state index is -1.65. The van der Waals surface area contributed by atoms with Crippen LogP contribution in [0.1, 0.15) is 41.0 Å². The molecule has 2 aliphatic heterocycles. The highest BCUT2D eigenvalue weighted by atomic mass is 35.5. The molecule has 0 aromatic rings. The zero-order valence-corrected chi connectivity index (χ0v) is 18.6. The number of Topliss-reactive ketones (excluding diaryl/α,β-unsaturated/α-hetero) is 2. The number of carbonyl (C=O) groups excluding carboxylic acids is 3. The molecule has 0 saturated carbocycles. The van der Waals surface area contributed by atoms with Crippen LogP contribution >= 0.6 is 11.6 Å². The van der Waals surface area contributed by atoms with Crippen molar-refractivity contribution in [2.45, 2.75) is 52.7 Å². The van der Waals surface area contributed by atoms with Crippen LogP contribution < -0.4 is 0 Å². The van der Waals surface area contributed by atoms with Gasteiger partial charge in [0.15, 0.2) is 11.4 Å². The second-order valence-corrected chi connectivity index (χ2v) is 8.74. The summed E-state index contributed by atoms with van der Waals surface area (Å²) in [5.41, 5.74) is -1.04. The van der Waals surface area contributed by atoms with Gasteiger partial charge in [0.1, 0.15) is 11.3 Å². The molecule has 1 N–H and O–H groups in total. The Labute approximate surface area is 181 Å². The number of allylic oxidation sites excluding steroid dienone is 3. The quantitative estimate of drug-likeness (QED) is 0.509. The Morgan fingerprint density at radius 1 is 1.37 bits per heavy atom. The number of hydrogen-bond donors (Lipinski definition) is 1. The first-order valence-corrected chi connectivity index (χ1v) is 10.6. The molecule has 0 bridgehead atoms. The second kappa shape index (κ2) is 8.16. The smallest absolute Gasteiger partial charge is 0.343 e. The average Bonchev–Trinajstić information content (AvgIpc) is 3.00. The number of carbonyl (C=O) groups is 3. The summed E-state index contributed by atoms with van der Waals surface area (Å²) in [6.07, 6.45) is 5.56. The third kappa shape index (κ3) is 3.56. The van der Waals surface area contributed by atoms with Crippen LogP contribution in [-0.4, -0.2) is 41.0 Å². The molecule has 0 radical (unpaired) electrons. The fourth-order valence-corrected chi connectivity index (χ4v) is 4.21. The molecule has 2 heterocycles. The molecule has 3 rings (SSSR count). The first-order valence-electron chi connectivity index (χ1n) is 10.2. The monoisotopic (exact) mass is 434 g/mol. The van der Waals surface area contributed by atoms with Crippen molar-refractivity contribution in [3.05, 3.63) is 45.7 Å². The van der Waals surface area contributed by atoms with E-state index >= 15 is 0 Å². The second-order valence-electron chi connectivity index (χ2n) is 8.36.